The van der Waals surface area contributed by atoms with Crippen LogP contribution in [0.3, 0.4) is 0 Å². The molecule has 0 aliphatic rings. The molecule has 0 atom stereocenters. The molecule has 0 radical (unpaired) electrons. The van der Waals surface area contributed by atoms with Crippen LogP contribution in [0, 0.1) is 11.3 Å². The molecule has 0 bridgehead atoms. The van der Waals surface area contributed by atoms with Crippen LogP contribution < -0.4 is 11.1 Å². The van der Waals surface area contributed by atoms with Gasteiger partial charge in [0.1, 0.15) is 10.7 Å². The van der Waals surface area contributed by atoms with Gasteiger partial charge in [-0.25, -0.2) is 4.98 Å². The molecule has 1 heterocycles. The number of amides is 1. The van der Waals surface area contributed by atoms with E-state index in [0.29, 0.717) is 25.2 Å². The number of thiazole rings is 1. The number of nitrogens with two attached hydrogens (primary N) is 1. The molecule has 1 amide bonds. The van der Waals surface area contributed by atoms with E-state index in [2.05, 4.69) is 10.3 Å². The fourth-order valence-electron chi connectivity index (χ4n) is 0.831. The largest absolute Gasteiger partial charge is 0.350 e. The zero-order chi connectivity index (χ0) is 10.4. The average molecular weight is 210 g/mol. The van der Waals surface area contributed by atoms with Crippen molar-refractivity contribution in [3.05, 3.63) is 16.1 Å². The number of hydrogen-bond donors (Lipinski definition) is 2. The van der Waals surface area contributed by atoms with Crippen LogP contribution in [-0.2, 0) is 6.54 Å². The molecule has 14 heavy (non-hydrogen) atoms. The number of nitrogens with one attached hydrogen (secondary N) is 1. The van der Waals surface area contributed by atoms with Gasteiger partial charge in [-0.2, -0.15) is 5.26 Å². The van der Waals surface area contributed by atoms with Crippen LogP contribution in [0.1, 0.15) is 21.9 Å². The molecule has 1 aromatic rings. The Hall–Kier alpha value is -1.45. The van der Waals surface area contributed by atoms with E-state index in [0.717, 1.165) is 5.01 Å². The van der Waals surface area contributed by atoms with Gasteiger partial charge in [0.25, 0.3) is 5.91 Å². The molecule has 0 spiro atoms. The normalized spacial score (nSPS) is 9.43. The topological polar surface area (TPSA) is 91.8 Å². The first kappa shape index (κ1) is 10.6. The molecule has 0 aliphatic heterocycles. The second-order valence-electron chi connectivity index (χ2n) is 2.49. The van der Waals surface area contributed by atoms with Gasteiger partial charge in [0, 0.05) is 18.5 Å². The van der Waals surface area contributed by atoms with Crippen LogP contribution in [0.2, 0.25) is 0 Å². The van der Waals surface area contributed by atoms with E-state index in [1.807, 2.05) is 6.07 Å². The Morgan fingerprint density at radius 1 is 1.79 bits per heavy atom. The summed E-state index contributed by atoms with van der Waals surface area (Å²) in [5.74, 6) is -0.254. The molecular formula is C8H10N4OS. The van der Waals surface area contributed by atoms with Crippen molar-refractivity contribution >= 4 is 17.2 Å². The van der Waals surface area contributed by atoms with E-state index < -0.39 is 0 Å². The summed E-state index contributed by atoms with van der Waals surface area (Å²) in [5.41, 5.74) is 5.73. The molecule has 0 fully saturated rings. The second-order valence-corrected chi connectivity index (χ2v) is 3.44. The maximum absolute atomic E-state index is 11.3. The highest BCUT2D eigenvalue weighted by atomic mass is 32.1. The summed E-state index contributed by atoms with van der Waals surface area (Å²) in [5, 5.41) is 13.2. The third-order valence-corrected chi connectivity index (χ3v) is 2.35. The summed E-state index contributed by atoms with van der Waals surface area (Å²) >= 11 is 1.36. The Bertz CT molecular complexity index is 354. The quantitative estimate of drug-likeness (QED) is 0.696. The Morgan fingerprint density at radius 2 is 2.57 bits per heavy atom. The number of carbonyl (C=O) groups excluding carboxylic acids is 1. The van der Waals surface area contributed by atoms with Crippen molar-refractivity contribution in [2.75, 3.05) is 6.54 Å². The van der Waals surface area contributed by atoms with Crippen LogP contribution in [0.25, 0.3) is 0 Å². The Labute approximate surface area is 85.6 Å². The van der Waals surface area contributed by atoms with Crippen molar-refractivity contribution in [3.8, 4) is 6.07 Å². The van der Waals surface area contributed by atoms with E-state index in [-0.39, 0.29) is 5.91 Å². The molecule has 0 aromatic carbocycles. The molecule has 0 saturated carbocycles. The SMILES string of the molecule is N#CCCNC(=O)c1csc(CN)n1. The van der Waals surface area contributed by atoms with Gasteiger partial charge in [0.05, 0.1) is 12.5 Å². The van der Waals surface area contributed by atoms with Crippen LogP contribution in [-0.4, -0.2) is 17.4 Å². The number of nitrogens with zero attached hydrogens (tertiary/aromatic N) is 2. The molecule has 6 heteroatoms. The number of hydrogen-bond acceptors (Lipinski definition) is 5. The highest BCUT2D eigenvalue weighted by Crippen LogP contribution is 2.08. The minimum absolute atomic E-state index is 0.254. The maximum atomic E-state index is 11.3. The number of aromatic nitrogens is 1. The lowest BCUT2D eigenvalue weighted by atomic mass is 10.4. The first-order valence-corrected chi connectivity index (χ1v) is 4.95. The van der Waals surface area contributed by atoms with Crippen LogP contribution in [0.4, 0.5) is 0 Å². The van der Waals surface area contributed by atoms with Crippen molar-refractivity contribution in [3.63, 3.8) is 0 Å². The Morgan fingerprint density at radius 3 is 3.14 bits per heavy atom. The lowest BCUT2D eigenvalue weighted by molar-refractivity contribution is 0.0950. The average Bonchev–Trinajstić information content (AvgIpc) is 2.66. The molecule has 1 aromatic heterocycles. The Balaban J connectivity index is 2.48. The predicted molar refractivity (Wildman–Crippen MR) is 52.6 cm³/mol. The second kappa shape index (κ2) is 5.32. The minimum Gasteiger partial charge on any atom is -0.350 e. The van der Waals surface area contributed by atoms with Crippen molar-refractivity contribution in [1.29, 1.82) is 5.26 Å². The molecule has 74 valence electrons. The molecule has 0 saturated heterocycles. The minimum atomic E-state index is -0.254. The van der Waals surface area contributed by atoms with Crippen LogP contribution in [0.15, 0.2) is 5.38 Å². The zero-order valence-electron chi connectivity index (χ0n) is 7.49. The number of nitriles is 1. The van der Waals surface area contributed by atoms with E-state index in [1.54, 1.807) is 5.38 Å². The zero-order valence-corrected chi connectivity index (χ0v) is 8.30. The monoisotopic (exact) mass is 210 g/mol. The van der Waals surface area contributed by atoms with Gasteiger partial charge in [-0.1, -0.05) is 0 Å². The fourth-order valence-corrected chi connectivity index (χ4v) is 1.49. The van der Waals surface area contributed by atoms with Crippen LogP contribution >= 0.6 is 11.3 Å². The molecule has 0 unspecified atom stereocenters. The van der Waals surface area contributed by atoms with Gasteiger partial charge in [-0.3, -0.25) is 4.79 Å². The number of carbonyl (C=O) groups is 1. The third kappa shape index (κ3) is 2.80. The van der Waals surface area contributed by atoms with E-state index in [1.165, 1.54) is 11.3 Å². The summed E-state index contributed by atoms with van der Waals surface area (Å²) < 4.78 is 0. The van der Waals surface area contributed by atoms with Crippen molar-refractivity contribution in [2.45, 2.75) is 13.0 Å². The molecule has 1 rings (SSSR count). The maximum Gasteiger partial charge on any atom is 0.270 e. The summed E-state index contributed by atoms with van der Waals surface area (Å²) in [4.78, 5) is 15.3. The molecule has 0 aliphatic carbocycles. The van der Waals surface area contributed by atoms with Crippen LogP contribution in [0.5, 0.6) is 0 Å². The summed E-state index contributed by atoms with van der Waals surface area (Å²) in [7, 11) is 0. The lowest BCUT2D eigenvalue weighted by Gasteiger charge is -1.97. The first-order valence-electron chi connectivity index (χ1n) is 4.07. The van der Waals surface area contributed by atoms with Gasteiger partial charge >= 0.3 is 0 Å². The lowest BCUT2D eigenvalue weighted by Crippen LogP contribution is -2.24. The van der Waals surface area contributed by atoms with Gasteiger partial charge < -0.3 is 11.1 Å². The van der Waals surface area contributed by atoms with Gasteiger partial charge in [0.2, 0.25) is 0 Å². The molecule has 5 nitrogen and oxygen atoms in total. The van der Waals surface area contributed by atoms with Gasteiger partial charge in [-0.05, 0) is 0 Å². The molecular weight excluding hydrogens is 200 g/mol. The third-order valence-electron chi connectivity index (χ3n) is 1.48. The smallest absolute Gasteiger partial charge is 0.270 e. The standard InChI is InChI=1S/C8H10N4OS/c9-2-1-3-11-8(13)6-5-14-7(4-10)12-6/h5H,1,3-4,10H2,(H,11,13). The predicted octanol–water partition coefficient (Wildman–Crippen LogP) is 0.245. The van der Waals surface area contributed by atoms with Crippen molar-refractivity contribution < 1.29 is 4.79 Å². The van der Waals surface area contributed by atoms with Gasteiger partial charge in [0.15, 0.2) is 0 Å². The van der Waals surface area contributed by atoms with E-state index >= 15 is 0 Å². The highest BCUT2D eigenvalue weighted by molar-refractivity contribution is 7.09. The fraction of sp³-hybridized carbons (Fsp3) is 0.375. The molecule has 3 N–H and O–H groups in total. The van der Waals surface area contributed by atoms with Crippen molar-refractivity contribution in [2.24, 2.45) is 5.73 Å². The van der Waals surface area contributed by atoms with E-state index in [4.69, 9.17) is 11.0 Å². The first-order chi connectivity index (χ1) is 6.77. The highest BCUT2D eigenvalue weighted by Gasteiger charge is 2.08. The van der Waals surface area contributed by atoms with Crippen molar-refractivity contribution in [1.82, 2.24) is 10.3 Å². The van der Waals surface area contributed by atoms with Gasteiger partial charge in [-0.15, -0.1) is 11.3 Å². The Kier molecular flexibility index (Phi) is 4.04. The number of rotatable bonds is 4. The van der Waals surface area contributed by atoms with E-state index in [9.17, 15) is 4.79 Å². The summed E-state index contributed by atoms with van der Waals surface area (Å²) in [6, 6.07) is 1.94. The summed E-state index contributed by atoms with van der Waals surface area (Å²) in [6.45, 7) is 0.695. The summed E-state index contributed by atoms with van der Waals surface area (Å²) in [6.07, 6.45) is 0.305.